The molecule has 0 spiro atoms. The number of likely N-dealkylation sites (tertiary alicyclic amines) is 1. The SMILES string of the molecule is Cc1nc([C@H]2CCCCCN2C(=O)c2ccc(Cl)o2)no1. The Morgan fingerprint density at radius 3 is 2.90 bits per heavy atom. The summed E-state index contributed by atoms with van der Waals surface area (Å²) in [5.74, 6) is 1.12. The van der Waals surface area contributed by atoms with Gasteiger partial charge in [-0.15, -0.1) is 0 Å². The number of amides is 1. The first-order valence-electron chi connectivity index (χ1n) is 7.01. The van der Waals surface area contributed by atoms with Gasteiger partial charge in [0.25, 0.3) is 5.91 Å². The summed E-state index contributed by atoms with van der Waals surface area (Å²) in [5, 5.41) is 4.18. The molecule has 112 valence electrons. The summed E-state index contributed by atoms with van der Waals surface area (Å²) in [6.45, 7) is 2.39. The minimum atomic E-state index is -0.184. The van der Waals surface area contributed by atoms with Gasteiger partial charge in [0.05, 0.1) is 6.04 Å². The van der Waals surface area contributed by atoms with E-state index in [1.807, 2.05) is 0 Å². The summed E-state index contributed by atoms with van der Waals surface area (Å²) in [6.07, 6.45) is 3.88. The Hall–Kier alpha value is -1.82. The lowest BCUT2D eigenvalue weighted by Crippen LogP contribution is -2.35. The fourth-order valence-electron chi connectivity index (χ4n) is 2.64. The molecule has 1 amide bonds. The third-order valence-corrected chi connectivity index (χ3v) is 3.84. The number of carbonyl (C=O) groups is 1. The van der Waals surface area contributed by atoms with Crippen LogP contribution >= 0.6 is 11.6 Å². The van der Waals surface area contributed by atoms with Gasteiger partial charge in [-0.25, -0.2) is 0 Å². The predicted molar refractivity (Wildman–Crippen MR) is 75.0 cm³/mol. The fraction of sp³-hybridized carbons (Fsp3) is 0.500. The molecule has 6 nitrogen and oxygen atoms in total. The zero-order valence-electron chi connectivity index (χ0n) is 11.7. The Labute approximate surface area is 127 Å². The van der Waals surface area contributed by atoms with Crippen LogP contribution < -0.4 is 0 Å². The average molecular weight is 310 g/mol. The number of aromatic nitrogens is 2. The van der Waals surface area contributed by atoms with Crippen molar-refractivity contribution in [2.45, 2.75) is 38.6 Å². The quantitative estimate of drug-likeness (QED) is 0.850. The van der Waals surface area contributed by atoms with Crippen molar-refractivity contribution in [3.05, 3.63) is 34.8 Å². The number of halogens is 1. The van der Waals surface area contributed by atoms with Gasteiger partial charge in [0.2, 0.25) is 5.89 Å². The zero-order chi connectivity index (χ0) is 14.8. The second kappa shape index (κ2) is 5.89. The lowest BCUT2D eigenvalue weighted by molar-refractivity contribution is 0.0638. The molecule has 0 unspecified atom stereocenters. The Bertz CT molecular complexity index is 637. The van der Waals surface area contributed by atoms with E-state index in [1.165, 1.54) is 0 Å². The Balaban J connectivity index is 1.90. The zero-order valence-corrected chi connectivity index (χ0v) is 12.5. The first kappa shape index (κ1) is 14.1. The van der Waals surface area contributed by atoms with Crippen LogP contribution in [0.1, 0.15) is 54.0 Å². The van der Waals surface area contributed by atoms with Crippen LogP contribution in [-0.4, -0.2) is 27.5 Å². The topological polar surface area (TPSA) is 72.4 Å². The largest absolute Gasteiger partial charge is 0.440 e. The van der Waals surface area contributed by atoms with Crippen molar-refractivity contribution < 1.29 is 13.7 Å². The highest BCUT2D eigenvalue weighted by Crippen LogP contribution is 2.30. The van der Waals surface area contributed by atoms with Crippen LogP contribution in [0.2, 0.25) is 5.22 Å². The summed E-state index contributed by atoms with van der Waals surface area (Å²) < 4.78 is 10.3. The van der Waals surface area contributed by atoms with Gasteiger partial charge < -0.3 is 13.8 Å². The number of hydrogen-bond acceptors (Lipinski definition) is 5. The number of carbonyl (C=O) groups excluding carboxylic acids is 1. The molecule has 1 atom stereocenters. The van der Waals surface area contributed by atoms with Gasteiger partial charge in [-0.2, -0.15) is 4.98 Å². The molecule has 3 rings (SSSR count). The summed E-state index contributed by atoms with van der Waals surface area (Å²) in [7, 11) is 0. The second-order valence-corrected chi connectivity index (χ2v) is 5.51. The molecule has 2 aromatic heterocycles. The monoisotopic (exact) mass is 309 g/mol. The van der Waals surface area contributed by atoms with E-state index >= 15 is 0 Å². The van der Waals surface area contributed by atoms with Crippen molar-refractivity contribution >= 4 is 17.5 Å². The third kappa shape index (κ3) is 2.95. The first-order chi connectivity index (χ1) is 10.1. The van der Waals surface area contributed by atoms with Gasteiger partial charge in [-0.3, -0.25) is 4.79 Å². The highest BCUT2D eigenvalue weighted by atomic mass is 35.5. The van der Waals surface area contributed by atoms with Crippen LogP contribution in [0.15, 0.2) is 21.1 Å². The van der Waals surface area contributed by atoms with Crippen LogP contribution in [0.5, 0.6) is 0 Å². The van der Waals surface area contributed by atoms with Crippen molar-refractivity contribution in [1.29, 1.82) is 0 Å². The molecular weight excluding hydrogens is 294 g/mol. The molecule has 1 saturated heterocycles. The maximum absolute atomic E-state index is 12.6. The van der Waals surface area contributed by atoms with E-state index in [9.17, 15) is 4.79 Å². The number of rotatable bonds is 2. The van der Waals surface area contributed by atoms with E-state index in [2.05, 4.69) is 10.1 Å². The molecule has 0 radical (unpaired) electrons. The average Bonchev–Trinajstić information content (AvgIpc) is 3.00. The molecule has 1 aliphatic heterocycles. The van der Waals surface area contributed by atoms with Crippen molar-refractivity contribution in [2.75, 3.05) is 6.54 Å². The molecule has 0 saturated carbocycles. The van der Waals surface area contributed by atoms with Gasteiger partial charge in [0, 0.05) is 13.5 Å². The third-order valence-electron chi connectivity index (χ3n) is 3.64. The number of hydrogen-bond donors (Lipinski definition) is 0. The van der Waals surface area contributed by atoms with Crippen molar-refractivity contribution in [1.82, 2.24) is 15.0 Å². The van der Waals surface area contributed by atoms with E-state index in [0.29, 0.717) is 18.3 Å². The Morgan fingerprint density at radius 1 is 1.38 bits per heavy atom. The summed E-state index contributed by atoms with van der Waals surface area (Å²) in [6, 6.07) is 2.98. The molecule has 3 heterocycles. The maximum atomic E-state index is 12.6. The minimum absolute atomic E-state index is 0.179. The van der Waals surface area contributed by atoms with Crippen molar-refractivity contribution in [2.24, 2.45) is 0 Å². The van der Waals surface area contributed by atoms with E-state index in [-0.39, 0.29) is 22.9 Å². The maximum Gasteiger partial charge on any atom is 0.290 e. The van der Waals surface area contributed by atoms with Crippen molar-refractivity contribution in [3.63, 3.8) is 0 Å². The predicted octanol–water partition coefficient (Wildman–Crippen LogP) is 3.38. The smallest absolute Gasteiger partial charge is 0.290 e. The summed E-state index contributed by atoms with van der Waals surface area (Å²) in [5.41, 5.74) is 0. The van der Waals surface area contributed by atoms with E-state index in [0.717, 1.165) is 25.7 Å². The number of nitrogens with zero attached hydrogens (tertiary/aromatic N) is 3. The molecule has 0 aliphatic carbocycles. The molecule has 21 heavy (non-hydrogen) atoms. The van der Waals surface area contributed by atoms with Crippen molar-refractivity contribution in [3.8, 4) is 0 Å². The van der Waals surface area contributed by atoms with E-state index in [4.69, 9.17) is 20.5 Å². The van der Waals surface area contributed by atoms with Crippen LogP contribution in [0.3, 0.4) is 0 Å². The highest BCUT2D eigenvalue weighted by molar-refractivity contribution is 6.29. The van der Waals surface area contributed by atoms with Crippen LogP contribution in [-0.2, 0) is 0 Å². The van der Waals surface area contributed by atoms with Gasteiger partial charge >= 0.3 is 0 Å². The second-order valence-electron chi connectivity index (χ2n) is 5.14. The highest BCUT2D eigenvalue weighted by Gasteiger charge is 2.32. The van der Waals surface area contributed by atoms with E-state index < -0.39 is 0 Å². The Kier molecular flexibility index (Phi) is 3.96. The van der Waals surface area contributed by atoms with Gasteiger partial charge in [0.15, 0.2) is 16.8 Å². The van der Waals surface area contributed by atoms with Crippen LogP contribution in [0, 0.1) is 6.92 Å². The number of furan rings is 1. The van der Waals surface area contributed by atoms with Gasteiger partial charge in [0.1, 0.15) is 0 Å². The molecule has 0 aromatic carbocycles. The standard InChI is InChI=1S/C14H16ClN3O3/c1-9-16-13(17-21-9)10-5-3-2-4-8-18(10)14(19)11-6-7-12(15)20-11/h6-7,10H,2-5,8H2,1H3/t10-/m1/s1. The number of aryl methyl sites for hydroxylation is 1. The summed E-state index contributed by atoms with van der Waals surface area (Å²) in [4.78, 5) is 18.7. The van der Waals surface area contributed by atoms with Gasteiger partial charge in [-0.05, 0) is 36.6 Å². The lowest BCUT2D eigenvalue weighted by atomic mass is 10.1. The summed E-state index contributed by atoms with van der Waals surface area (Å²) >= 11 is 5.76. The minimum Gasteiger partial charge on any atom is -0.440 e. The molecule has 0 N–H and O–H groups in total. The Morgan fingerprint density at radius 2 is 2.24 bits per heavy atom. The molecule has 1 aliphatic rings. The first-order valence-corrected chi connectivity index (χ1v) is 7.39. The molecule has 0 bridgehead atoms. The normalized spacial score (nSPS) is 19.5. The molecular formula is C14H16ClN3O3. The van der Waals surface area contributed by atoms with E-state index in [1.54, 1.807) is 24.0 Å². The van der Waals surface area contributed by atoms with Crippen LogP contribution in [0.25, 0.3) is 0 Å². The van der Waals surface area contributed by atoms with Crippen LogP contribution in [0.4, 0.5) is 0 Å². The molecule has 2 aromatic rings. The van der Waals surface area contributed by atoms with Gasteiger partial charge in [-0.1, -0.05) is 18.0 Å². The fourth-order valence-corrected chi connectivity index (χ4v) is 2.79. The lowest BCUT2D eigenvalue weighted by Gasteiger charge is -2.26. The molecule has 1 fully saturated rings. The molecule has 7 heteroatoms.